The number of aromatic nitrogens is 1. The fourth-order valence-corrected chi connectivity index (χ4v) is 5.73. The van der Waals surface area contributed by atoms with Gasteiger partial charge in [-0.15, -0.1) is 0 Å². The second-order valence-electron chi connectivity index (χ2n) is 10.1. The first kappa shape index (κ1) is 24.1. The maximum atomic E-state index is 13.8. The summed E-state index contributed by atoms with van der Waals surface area (Å²) >= 11 is 0. The summed E-state index contributed by atoms with van der Waals surface area (Å²) in [6.45, 7) is 1.90. The van der Waals surface area contributed by atoms with Crippen molar-refractivity contribution in [3.05, 3.63) is 83.9 Å². The van der Waals surface area contributed by atoms with Gasteiger partial charge in [0, 0.05) is 17.2 Å². The minimum atomic E-state index is -0.811. The van der Waals surface area contributed by atoms with E-state index in [2.05, 4.69) is 4.98 Å². The molecule has 2 aliphatic rings. The van der Waals surface area contributed by atoms with Crippen LogP contribution in [0.25, 0.3) is 22.6 Å². The lowest BCUT2D eigenvalue weighted by molar-refractivity contribution is -0.123. The molecule has 192 valence electrons. The van der Waals surface area contributed by atoms with Gasteiger partial charge in [0.2, 0.25) is 11.8 Å². The Morgan fingerprint density at radius 3 is 2.37 bits per heavy atom. The molecule has 7 nitrogen and oxygen atoms in total. The number of carbonyl (C=O) groups is 3. The molecule has 2 heterocycles. The molecule has 3 amide bonds. The molecule has 1 aromatic heterocycles. The highest BCUT2D eigenvalue weighted by atomic mass is 16.3. The van der Waals surface area contributed by atoms with Gasteiger partial charge in [-0.05, 0) is 67.8 Å². The Morgan fingerprint density at radius 1 is 0.921 bits per heavy atom. The maximum Gasteiger partial charge on any atom is 0.257 e. The van der Waals surface area contributed by atoms with Gasteiger partial charge in [0.15, 0.2) is 5.58 Å². The molecule has 1 saturated heterocycles. The molecule has 0 N–H and O–H groups in total. The van der Waals surface area contributed by atoms with Crippen molar-refractivity contribution >= 4 is 34.5 Å². The van der Waals surface area contributed by atoms with E-state index in [4.69, 9.17) is 4.42 Å². The fraction of sp³-hybridized carbons (Fsp3) is 0.290. The Hall–Kier alpha value is -4.26. The highest BCUT2D eigenvalue weighted by Gasteiger charge is 2.46. The third kappa shape index (κ3) is 4.28. The topological polar surface area (TPSA) is 83.7 Å². The summed E-state index contributed by atoms with van der Waals surface area (Å²) in [5.41, 5.74) is 4.13. The smallest absolute Gasteiger partial charge is 0.257 e. The average Bonchev–Trinajstić information content (AvgIpc) is 3.50. The van der Waals surface area contributed by atoms with Crippen molar-refractivity contribution in [1.82, 2.24) is 9.88 Å². The van der Waals surface area contributed by atoms with Gasteiger partial charge < -0.3 is 9.32 Å². The van der Waals surface area contributed by atoms with Crippen LogP contribution in [0.1, 0.15) is 54.4 Å². The summed E-state index contributed by atoms with van der Waals surface area (Å²) in [5.74, 6) is -0.346. The minimum absolute atomic E-state index is 0.0141. The SMILES string of the molecule is Cc1ccccc1C(=O)N(C1CCCCC1)C1CC(=O)N(c2ccc(-c3nc4ccccc4o3)cc2)C1=O. The quantitative estimate of drug-likeness (QED) is 0.314. The van der Waals surface area contributed by atoms with E-state index in [0.29, 0.717) is 22.7 Å². The van der Waals surface area contributed by atoms with Gasteiger partial charge in [0.1, 0.15) is 11.6 Å². The highest BCUT2D eigenvalue weighted by molar-refractivity contribution is 6.23. The zero-order chi connectivity index (χ0) is 26.2. The van der Waals surface area contributed by atoms with Gasteiger partial charge in [-0.25, -0.2) is 9.88 Å². The molecule has 1 atom stereocenters. The van der Waals surface area contributed by atoms with Crippen LogP contribution in [0.5, 0.6) is 0 Å². The first-order valence-electron chi connectivity index (χ1n) is 13.2. The molecular weight excluding hydrogens is 478 g/mol. The Balaban J connectivity index is 1.29. The van der Waals surface area contributed by atoms with Crippen molar-refractivity contribution < 1.29 is 18.8 Å². The number of oxazole rings is 1. The lowest BCUT2D eigenvalue weighted by atomic mass is 9.91. The summed E-state index contributed by atoms with van der Waals surface area (Å²) in [5, 5.41) is 0. The van der Waals surface area contributed by atoms with E-state index in [-0.39, 0.29) is 30.2 Å². The number of imide groups is 1. The molecule has 1 aliphatic heterocycles. The summed E-state index contributed by atoms with van der Waals surface area (Å²) in [6.07, 6.45) is 4.82. The van der Waals surface area contributed by atoms with Crippen LogP contribution in [-0.4, -0.2) is 39.7 Å². The third-order valence-corrected chi connectivity index (χ3v) is 7.70. The van der Waals surface area contributed by atoms with Gasteiger partial charge in [-0.1, -0.05) is 49.6 Å². The van der Waals surface area contributed by atoms with E-state index in [1.807, 2.05) is 49.4 Å². The molecule has 0 radical (unpaired) electrons. The number of anilines is 1. The standard InChI is InChI=1S/C31H29N3O4/c1-20-9-5-6-12-24(20)30(36)33(22-10-3-2-4-11-22)26-19-28(35)34(31(26)37)23-17-15-21(16-18-23)29-32-25-13-7-8-14-27(25)38-29/h5-9,12-18,22,26H,2-4,10-11,19H2,1H3. The van der Waals surface area contributed by atoms with Crippen LogP contribution in [0, 0.1) is 6.92 Å². The largest absolute Gasteiger partial charge is 0.436 e. The Kier molecular flexibility index (Phi) is 6.27. The number of hydrogen-bond donors (Lipinski definition) is 0. The van der Waals surface area contributed by atoms with E-state index in [1.165, 1.54) is 4.90 Å². The van der Waals surface area contributed by atoms with Crippen LogP contribution in [0.2, 0.25) is 0 Å². The van der Waals surface area contributed by atoms with Gasteiger partial charge in [0.25, 0.3) is 11.8 Å². The monoisotopic (exact) mass is 507 g/mol. The third-order valence-electron chi connectivity index (χ3n) is 7.70. The van der Waals surface area contributed by atoms with Crippen LogP contribution >= 0.6 is 0 Å². The Labute approximate surface area is 221 Å². The van der Waals surface area contributed by atoms with Crippen LogP contribution < -0.4 is 4.90 Å². The van der Waals surface area contributed by atoms with Gasteiger partial charge in [0.05, 0.1) is 12.1 Å². The molecular formula is C31H29N3O4. The highest BCUT2D eigenvalue weighted by Crippen LogP contribution is 2.34. The second-order valence-corrected chi connectivity index (χ2v) is 10.1. The molecule has 1 aliphatic carbocycles. The molecule has 0 bridgehead atoms. The molecule has 6 rings (SSSR count). The lowest BCUT2D eigenvalue weighted by Crippen LogP contribution is -2.51. The van der Waals surface area contributed by atoms with Crippen LogP contribution in [0.4, 0.5) is 5.69 Å². The van der Waals surface area contributed by atoms with Gasteiger partial charge in [-0.3, -0.25) is 14.4 Å². The molecule has 7 heteroatoms. The van der Waals surface area contributed by atoms with E-state index in [1.54, 1.807) is 35.2 Å². The Bertz CT molecular complexity index is 1480. The average molecular weight is 508 g/mol. The first-order valence-corrected chi connectivity index (χ1v) is 13.2. The van der Waals surface area contributed by atoms with E-state index in [0.717, 1.165) is 48.7 Å². The Morgan fingerprint density at radius 2 is 1.63 bits per heavy atom. The summed E-state index contributed by atoms with van der Waals surface area (Å²) in [6, 6.07) is 21.2. The number of benzene rings is 3. The van der Waals surface area contributed by atoms with E-state index >= 15 is 0 Å². The molecule has 1 unspecified atom stereocenters. The number of nitrogens with zero attached hydrogens (tertiary/aromatic N) is 3. The predicted molar refractivity (Wildman–Crippen MR) is 145 cm³/mol. The number of aryl methyl sites for hydroxylation is 1. The van der Waals surface area contributed by atoms with Crippen molar-refractivity contribution in [3.63, 3.8) is 0 Å². The lowest BCUT2D eigenvalue weighted by Gasteiger charge is -2.37. The maximum absolute atomic E-state index is 13.8. The molecule has 0 spiro atoms. The number of rotatable bonds is 5. The van der Waals surface area contributed by atoms with E-state index in [9.17, 15) is 14.4 Å². The van der Waals surface area contributed by atoms with Crippen LogP contribution in [0.3, 0.4) is 0 Å². The van der Waals surface area contributed by atoms with Crippen molar-refractivity contribution in [3.8, 4) is 11.5 Å². The summed E-state index contributed by atoms with van der Waals surface area (Å²) < 4.78 is 5.85. The first-order chi connectivity index (χ1) is 18.5. The van der Waals surface area contributed by atoms with Crippen molar-refractivity contribution in [2.24, 2.45) is 0 Å². The molecule has 1 saturated carbocycles. The number of carbonyl (C=O) groups excluding carboxylic acids is 3. The fourth-order valence-electron chi connectivity index (χ4n) is 5.73. The molecule has 4 aromatic rings. The van der Waals surface area contributed by atoms with Crippen molar-refractivity contribution in [2.45, 2.75) is 57.5 Å². The summed E-state index contributed by atoms with van der Waals surface area (Å²) in [7, 11) is 0. The van der Waals surface area contributed by atoms with Crippen molar-refractivity contribution in [2.75, 3.05) is 4.90 Å². The zero-order valence-electron chi connectivity index (χ0n) is 21.3. The second kappa shape index (κ2) is 9.89. The van der Waals surface area contributed by atoms with E-state index < -0.39 is 6.04 Å². The zero-order valence-corrected chi connectivity index (χ0v) is 21.3. The van der Waals surface area contributed by atoms with Crippen molar-refractivity contribution in [1.29, 1.82) is 0 Å². The normalized spacial score (nSPS) is 18.3. The number of amides is 3. The minimum Gasteiger partial charge on any atom is -0.436 e. The molecule has 3 aromatic carbocycles. The number of hydrogen-bond acceptors (Lipinski definition) is 5. The van der Waals surface area contributed by atoms with Crippen LogP contribution in [0.15, 0.2) is 77.2 Å². The van der Waals surface area contributed by atoms with Crippen LogP contribution in [-0.2, 0) is 9.59 Å². The van der Waals surface area contributed by atoms with Gasteiger partial charge >= 0.3 is 0 Å². The predicted octanol–water partition coefficient (Wildman–Crippen LogP) is 5.91. The molecule has 38 heavy (non-hydrogen) atoms. The summed E-state index contributed by atoms with van der Waals surface area (Å²) in [4.78, 5) is 48.3. The molecule has 2 fully saturated rings. The number of fused-ring (bicyclic) bond motifs is 1. The number of para-hydroxylation sites is 2. The van der Waals surface area contributed by atoms with Gasteiger partial charge in [-0.2, -0.15) is 0 Å².